The number of amides is 3. The molecule has 0 saturated carbocycles. The number of hydrazine groups is 1. The van der Waals surface area contributed by atoms with E-state index < -0.39 is 36.0 Å². The molecule has 2 aliphatic heterocycles. The number of piperazine rings is 1. The van der Waals surface area contributed by atoms with Crippen LogP contribution in [0, 0.1) is 11.8 Å². The SMILES string of the molecule is CC(C)C[C@H](NC(=O)C1OC1C(=O)NN1CCN(C)CC1)C(=O)C[C@@H](Cc1ccc(O)cc1)C(N)=O. The molecule has 11 nitrogen and oxygen atoms in total. The molecule has 0 aliphatic carbocycles. The van der Waals surface area contributed by atoms with Crippen molar-refractivity contribution in [3.63, 3.8) is 0 Å². The van der Waals surface area contributed by atoms with Crippen LogP contribution < -0.4 is 16.5 Å². The number of aromatic hydroxyl groups is 1. The lowest BCUT2D eigenvalue weighted by Crippen LogP contribution is -2.54. The van der Waals surface area contributed by atoms with E-state index in [0.717, 1.165) is 18.7 Å². The molecule has 0 radical (unpaired) electrons. The molecule has 36 heavy (non-hydrogen) atoms. The number of phenolic OH excluding ortho intramolecular Hbond substituents is 1. The number of carbonyl (C=O) groups excluding carboxylic acids is 4. The third-order valence-corrected chi connectivity index (χ3v) is 6.46. The summed E-state index contributed by atoms with van der Waals surface area (Å²) in [6.07, 6.45) is -1.37. The molecule has 0 bridgehead atoms. The van der Waals surface area contributed by atoms with Crippen molar-refractivity contribution < 1.29 is 29.0 Å². The summed E-state index contributed by atoms with van der Waals surface area (Å²) in [5, 5.41) is 14.0. The molecule has 2 heterocycles. The van der Waals surface area contributed by atoms with Crippen LogP contribution >= 0.6 is 0 Å². The summed E-state index contributed by atoms with van der Waals surface area (Å²) >= 11 is 0. The van der Waals surface area contributed by atoms with Crippen LogP contribution in [0.3, 0.4) is 0 Å². The van der Waals surface area contributed by atoms with E-state index in [-0.39, 0.29) is 36.2 Å². The second-order valence-electron chi connectivity index (χ2n) is 10.1. The van der Waals surface area contributed by atoms with Crippen LogP contribution in [-0.2, 0) is 30.3 Å². The van der Waals surface area contributed by atoms with E-state index in [2.05, 4.69) is 15.6 Å². The first-order valence-corrected chi connectivity index (χ1v) is 12.3. The Balaban J connectivity index is 1.55. The van der Waals surface area contributed by atoms with Crippen molar-refractivity contribution >= 4 is 23.5 Å². The Hall–Kier alpha value is -3.02. The molecule has 3 rings (SSSR count). The number of phenols is 1. The van der Waals surface area contributed by atoms with Crippen LogP contribution in [0.25, 0.3) is 0 Å². The average Bonchev–Trinajstić information content (AvgIpc) is 3.62. The molecule has 2 saturated heterocycles. The largest absolute Gasteiger partial charge is 0.508 e. The molecule has 1 aromatic rings. The first-order valence-electron chi connectivity index (χ1n) is 12.3. The zero-order chi connectivity index (χ0) is 26.4. The second-order valence-corrected chi connectivity index (χ2v) is 10.1. The molecular weight excluding hydrogens is 466 g/mol. The standard InChI is InChI=1S/C25H37N5O6/c1-15(2)12-19(20(32)14-17(23(26)33)13-16-4-6-18(31)7-5-16)27-24(34)21-22(36-21)25(35)28-30-10-8-29(3)9-11-30/h4-7,15,17,19,21-22,31H,8-14H2,1-3H3,(H2,26,33)(H,27,34)(H,28,35)/t17-,19+,21?,22?/m1/s1. The van der Waals surface area contributed by atoms with Gasteiger partial charge < -0.3 is 25.8 Å². The van der Waals surface area contributed by atoms with E-state index in [1.54, 1.807) is 12.1 Å². The number of ketones is 1. The number of epoxide rings is 1. The van der Waals surface area contributed by atoms with E-state index in [0.29, 0.717) is 19.5 Å². The Kier molecular flexibility index (Phi) is 9.41. The van der Waals surface area contributed by atoms with Crippen molar-refractivity contribution in [2.45, 2.75) is 51.4 Å². The molecule has 11 heteroatoms. The van der Waals surface area contributed by atoms with Gasteiger partial charge in [0.1, 0.15) is 5.75 Å². The number of nitrogens with two attached hydrogens (primary N) is 1. The fraction of sp³-hybridized carbons (Fsp3) is 0.600. The van der Waals surface area contributed by atoms with Crippen LogP contribution in [-0.4, -0.2) is 90.0 Å². The maximum Gasteiger partial charge on any atom is 0.266 e. The number of rotatable bonds is 12. The number of likely N-dealkylation sites (N-methyl/N-ethyl adjacent to an activating group) is 1. The first kappa shape index (κ1) is 27.6. The number of primary amides is 1. The van der Waals surface area contributed by atoms with Crippen molar-refractivity contribution in [1.29, 1.82) is 0 Å². The van der Waals surface area contributed by atoms with E-state index in [1.807, 2.05) is 25.9 Å². The van der Waals surface area contributed by atoms with Crippen LogP contribution in [0.2, 0.25) is 0 Å². The lowest BCUT2D eigenvalue weighted by molar-refractivity contribution is -0.131. The summed E-state index contributed by atoms with van der Waals surface area (Å²) in [5.41, 5.74) is 9.11. The third-order valence-electron chi connectivity index (χ3n) is 6.46. The molecule has 2 aliphatic rings. The summed E-state index contributed by atoms with van der Waals surface area (Å²) in [5.74, 6) is -2.39. The summed E-state index contributed by atoms with van der Waals surface area (Å²) in [7, 11) is 2.01. The number of Topliss-reactive ketones (excluding diaryl/α,β-unsaturated/α-hetero) is 1. The number of carbonyl (C=O) groups is 4. The molecule has 1 aromatic carbocycles. The van der Waals surface area contributed by atoms with Crippen molar-refractivity contribution in [2.75, 3.05) is 33.2 Å². The third kappa shape index (κ3) is 8.00. The highest BCUT2D eigenvalue weighted by atomic mass is 16.6. The number of nitrogens with zero attached hydrogens (tertiary/aromatic N) is 2. The van der Waals surface area contributed by atoms with Gasteiger partial charge in [-0.2, -0.15) is 0 Å². The van der Waals surface area contributed by atoms with Gasteiger partial charge in [-0.3, -0.25) is 24.6 Å². The monoisotopic (exact) mass is 503 g/mol. The Morgan fingerprint density at radius 2 is 1.67 bits per heavy atom. The molecule has 198 valence electrons. The Labute approximate surface area is 211 Å². The van der Waals surface area contributed by atoms with E-state index in [4.69, 9.17) is 10.5 Å². The number of ether oxygens (including phenoxy) is 1. The summed E-state index contributed by atoms with van der Waals surface area (Å²) < 4.78 is 5.33. The van der Waals surface area contributed by atoms with Gasteiger partial charge in [0, 0.05) is 38.5 Å². The smallest absolute Gasteiger partial charge is 0.266 e. The van der Waals surface area contributed by atoms with Gasteiger partial charge in [-0.05, 0) is 43.5 Å². The van der Waals surface area contributed by atoms with Crippen molar-refractivity contribution in [1.82, 2.24) is 20.7 Å². The molecule has 0 spiro atoms. The van der Waals surface area contributed by atoms with Gasteiger partial charge in [0.2, 0.25) is 5.91 Å². The van der Waals surface area contributed by atoms with Crippen LogP contribution in [0.15, 0.2) is 24.3 Å². The number of hydrogen-bond acceptors (Lipinski definition) is 8. The zero-order valence-corrected chi connectivity index (χ0v) is 21.1. The molecule has 0 aromatic heterocycles. The number of benzene rings is 1. The van der Waals surface area contributed by atoms with Gasteiger partial charge in [0.25, 0.3) is 11.8 Å². The number of hydrogen-bond donors (Lipinski definition) is 4. The van der Waals surface area contributed by atoms with Gasteiger partial charge >= 0.3 is 0 Å². The predicted molar refractivity (Wildman–Crippen MR) is 131 cm³/mol. The molecular formula is C25H37N5O6. The topological polar surface area (TPSA) is 158 Å². The van der Waals surface area contributed by atoms with Gasteiger partial charge in [-0.1, -0.05) is 26.0 Å². The molecule has 5 N–H and O–H groups in total. The highest BCUT2D eigenvalue weighted by Gasteiger charge is 2.51. The van der Waals surface area contributed by atoms with E-state index >= 15 is 0 Å². The lowest BCUT2D eigenvalue weighted by atomic mass is 9.89. The van der Waals surface area contributed by atoms with Gasteiger partial charge in [-0.25, -0.2) is 5.01 Å². The van der Waals surface area contributed by atoms with Gasteiger partial charge in [0.15, 0.2) is 18.0 Å². The van der Waals surface area contributed by atoms with Crippen LogP contribution in [0.5, 0.6) is 5.75 Å². The fourth-order valence-electron chi connectivity index (χ4n) is 4.22. The highest BCUT2D eigenvalue weighted by Crippen LogP contribution is 2.24. The maximum atomic E-state index is 13.1. The molecule has 2 unspecified atom stereocenters. The maximum absolute atomic E-state index is 13.1. The Bertz CT molecular complexity index is 945. The van der Waals surface area contributed by atoms with E-state index in [9.17, 15) is 24.3 Å². The minimum absolute atomic E-state index is 0.0971. The lowest BCUT2D eigenvalue weighted by Gasteiger charge is -2.32. The summed E-state index contributed by atoms with van der Waals surface area (Å²) in [4.78, 5) is 52.6. The van der Waals surface area contributed by atoms with Crippen molar-refractivity contribution in [2.24, 2.45) is 17.6 Å². The minimum Gasteiger partial charge on any atom is -0.508 e. The van der Waals surface area contributed by atoms with Crippen LogP contribution in [0.4, 0.5) is 0 Å². The minimum atomic E-state index is -0.955. The van der Waals surface area contributed by atoms with Gasteiger partial charge in [-0.15, -0.1) is 0 Å². The Morgan fingerprint density at radius 1 is 1.06 bits per heavy atom. The van der Waals surface area contributed by atoms with E-state index in [1.165, 1.54) is 12.1 Å². The fourth-order valence-corrected chi connectivity index (χ4v) is 4.22. The first-order chi connectivity index (χ1) is 17.0. The summed E-state index contributed by atoms with van der Waals surface area (Å²) in [6.45, 7) is 6.87. The molecule has 3 amide bonds. The average molecular weight is 504 g/mol. The second kappa shape index (κ2) is 12.3. The van der Waals surface area contributed by atoms with Crippen molar-refractivity contribution in [3.05, 3.63) is 29.8 Å². The normalized spacial score (nSPS) is 22.0. The quantitative estimate of drug-likeness (QED) is 0.280. The zero-order valence-electron chi connectivity index (χ0n) is 21.1. The Morgan fingerprint density at radius 3 is 2.25 bits per heavy atom. The highest BCUT2D eigenvalue weighted by molar-refractivity contribution is 5.98. The summed E-state index contributed by atoms with van der Waals surface area (Å²) in [6, 6.07) is 5.51. The van der Waals surface area contributed by atoms with Crippen LogP contribution in [0.1, 0.15) is 32.3 Å². The van der Waals surface area contributed by atoms with Gasteiger partial charge in [0.05, 0.1) is 6.04 Å². The number of nitrogens with one attached hydrogen (secondary N) is 2. The predicted octanol–water partition coefficient (Wildman–Crippen LogP) is -0.428. The molecule has 4 atom stereocenters. The molecule has 2 fully saturated rings. The van der Waals surface area contributed by atoms with Crippen molar-refractivity contribution in [3.8, 4) is 5.75 Å².